The first-order valence-electron chi connectivity index (χ1n) is 11.2. The normalized spacial score (nSPS) is 14.8. The number of halogens is 2. The standard InChI is InChI=1S/C24H31F2N3O3S/c1-33(31,32)29(21-10-11-22(25)23(26)16-21)14-6-9-24(30)27-17-19-7-5-8-20(15-19)18-28-12-3-2-4-13-28/h5,7-8,10-11,15-16H,2-4,6,9,12-14,17-18H2,1H3,(H,27,30). The number of amides is 1. The van der Waals surface area contributed by atoms with E-state index in [4.69, 9.17) is 0 Å². The number of sulfonamides is 1. The second-order valence-electron chi connectivity index (χ2n) is 8.47. The van der Waals surface area contributed by atoms with Crippen LogP contribution in [-0.4, -0.2) is 45.1 Å². The van der Waals surface area contributed by atoms with E-state index < -0.39 is 21.7 Å². The molecule has 0 radical (unpaired) electrons. The van der Waals surface area contributed by atoms with E-state index in [-0.39, 0.29) is 31.0 Å². The molecule has 1 amide bonds. The van der Waals surface area contributed by atoms with Crippen LogP contribution in [-0.2, 0) is 27.9 Å². The van der Waals surface area contributed by atoms with Crippen LogP contribution in [0.25, 0.3) is 0 Å². The van der Waals surface area contributed by atoms with Gasteiger partial charge in [-0.15, -0.1) is 0 Å². The quantitative estimate of drug-likeness (QED) is 0.563. The van der Waals surface area contributed by atoms with E-state index in [1.54, 1.807) is 0 Å². The minimum absolute atomic E-state index is 0.0113. The van der Waals surface area contributed by atoms with Gasteiger partial charge in [-0.1, -0.05) is 30.7 Å². The van der Waals surface area contributed by atoms with Crippen molar-refractivity contribution in [2.75, 3.05) is 30.2 Å². The first kappa shape index (κ1) is 25.1. The molecule has 1 heterocycles. The lowest BCUT2D eigenvalue weighted by Crippen LogP contribution is -2.32. The molecule has 1 fully saturated rings. The zero-order chi connectivity index (χ0) is 23.8. The Bertz CT molecular complexity index is 1060. The van der Waals surface area contributed by atoms with Crippen LogP contribution >= 0.6 is 0 Å². The highest BCUT2D eigenvalue weighted by Gasteiger charge is 2.19. The predicted octanol–water partition coefficient (Wildman–Crippen LogP) is 3.81. The van der Waals surface area contributed by atoms with Gasteiger partial charge >= 0.3 is 0 Å². The number of hydrogen-bond donors (Lipinski definition) is 1. The first-order chi connectivity index (χ1) is 15.7. The van der Waals surface area contributed by atoms with Crippen molar-refractivity contribution in [2.24, 2.45) is 0 Å². The van der Waals surface area contributed by atoms with Gasteiger partial charge in [0, 0.05) is 32.1 Å². The van der Waals surface area contributed by atoms with Gasteiger partial charge in [0.2, 0.25) is 15.9 Å². The summed E-state index contributed by atoms with van der Waals surface area (Å²) in [6, 6.07) is 11.1. The molecule has 6 nitrogen and oxygen atoms in total. The van der Waals surface area contributed by atoms with Gasteiger partial charge in [0.1, 0.15) is 0 Å². The van der Waals surface area contributed by atoms with Crippen LogP contribution in [0, 0.1) is 11.6 Å². The molecule has 0 aliphatic carbocycles. The van der Waals surface area contributed by atoms with Crippen molar-refractivity contribution in [3.63, 3.8) is 0 Å². The Morgan fingerprint density at radius 2 is 1.76 bits per heavy atom. The minimum Gasteiger partial charge on any atom is -0.352 e. The number of likely N-dealkylation sites (tertiary alicyclic amines) is 1. The molecule has 0 spiro atoms. The van der Waals surface area contributed by atoms with Gasteiger partial charge in [0.15, 0.2) is 11.6 Å². The van der Waals surface area contributed by atoms with E-state index in [0.717, 1.165) is 47.9 Å². The van der Waals surface area contributed by atoms with Gasteiger partial charge in [-0.25, -0.2) is 17.2 Å². The molecular formula is C24H31F2N3O3S. The highest BCUT2D eigenvalue weighted by atomic mass is 32.2. The molecule has 0 bridgehead atoms. The summed E-state index contributed by atoms with van der Waals surface area (Å²) in [5.74, 6) is -2.37. The summed E-state index contributed by atoms with van der Waals surface area (Å²) in [7, 11) is -3.71. The first-order valence-corrected chi connectivity index (χ1v) is 13.1. The zero-order valence-electron chi connectivity index (χ0n) is 18.9. The minimum atomic E-state index is -3.71. The predicted molar refractivity (Wildman–Crippen MR) is 125 cm³/mol. The SMILES string of the molecule is CS(=O)(=O)N(CCCC(=O)NCc1cccc(CN2CCCCC2)c1)c1ccc(F)c(F)c1. The molecule has 9 heteroatoms. The molecule has 0 saturated carbocycles. The fourth-order valence-corrected chi connectivity index (χ4v) is 4.97. The van der Waals surface area contributed by atoms with Crippen molar-refractivity contribution in [1.29, 1.82) is 0 Å². The fraction of sp³-hybridized carbons (Fsp3) is 0.458. The number of nitrogens with one attached hydrogen (secondary N) is 1. The second-order valence-corrected chi connectivity index (χ2v) is 10.4. The highest BCUT2D eigenvalue weighted by molar-refractivity contribution is 7.92. The van der Waals surface area contributed by atoms with Gasteiger partial charge in [-0.05, 0) is 55.6 Å². The van der Waals surface area contributed by atoms with E-state index >= 15 is 0 Å². The molecule has 33 heavy (non-hydrogen) atoms. The summed E-state index contributed by atoms with van der Waals surface area (Å²) < 4.78 is 51.9. The third-order valence-corrected chi connectivity index (χ3v) is 6.89. The third kappa shape index (κ3) is 7.78. The van der Waals surface area contributed by atoms with Crippen molar-refractivity contribution >= 4 is 21.6 Å². The third-order valence-electron chi connectivity index (χ3n) is 5.69. The Kier molecular flexibility index (Phi) is 8.80. The number of benzene rings is 2. The summed E-state index contributed by atoms with van der Waals surface area (Å²) in [5, 5.41) is 2.87. The largest absolute Gasteiger partial charge is 0.352 e. The van der Waals surface area contributed by atoms with E-state index in [9.17, 15) is 22.0 Å². The number of hydrogen-bond acceptors (Lipinski definition) is 4. The van der Waals surface area contributed by atoms with Crippen molar-refractivity contribution in [2.45, 2.75) is 45.2 Å². The fourth-order valence-electron chi connectivity index (χ4n) is 4.01. The molecule has 2 aromatic rings. The molecule has 0 atom stereocenters. The van der Waals surface area contributed by atoms with Gasteiger partial charge in [-0.3, -0.25) is 14.0 Å². The van der Waals surface area contributed by atoms with E-state index in [1.165, 1.54) is 30.9 Å². The maximum atomic E-state index is 13.5. The molecule has 180 valence electrons. The van der Waals surface area contributed by atoms with Crippen LogP contribution in [0.15, 0.2) is 42.5 Å². The Morgan fingerprint density at radius 3 is 2.45 bits per heavy atom. The van der Waals surface area contributed by atoms with Crippen molar-refractivity contribution in [3.05, 3.63) is 65.2 Å². The Hall–Kier alpha value is -2.52. The molecule has 0 unspecified atom stereocenters. The van der Waals surface area contributed by atoms with Gasteiger partial charge in [0.25, 0.3) is 0 Å². The second kappa shape index (κ2) is 11.6. The molecule has 2 aromatic carbocycles. The summed E-state index contributed by atoms with van der Waals surface area (Å²) in [5.41, 5.74) is 2.26. The lowest BCUT2D eigenvalue weighted by Gasteiger charge is -2.26. The molecule has 1 N–H and O–H groups in total. The summed E-state index contributed by atoms with van der Waals surface area (Å²) in [4.78, 5) is 14.7. The van der Waals surface area contributed by atoms with Crippen LogP contribution in [0.3, 0.4) is 0 Å². The maximum Gasteiger partial charge on any atom is 0.232 e. The van der Waals surface area contributed by atoms with Crippen molar-refractivity contribution in [1.82, 2.24) is 10.2 Å². The van der Waals surface area contributed by atoms with Crippen LogP contribution in [0.5, 0.6) is 0 Å². The lowest BCUT2D eigenvalue weighted by atomic mass is 10.1. The van der Waals surface area contributed by atoms with E-state index in [1.807, 2.05) is 12.1 Å². The molecule has 1 aliphatic rings. The summed E-state index contributed by atoms with van der Waals surface area (Å²) >= 11 is 0. The Morgan fingerprint density at radius 1 is 1.03 bits per heavy atom. The van der Waals surface area contributed by atoms with E-state index in [0.29, 0.717) is 6.54 Å². The molecular weight excluding hydrogens is 448 g/mol. The average Bonchev–Trinajstić information content (AvgIpc) is 2.77. The summed E-state index contributed by atoms with van der Waals surface area (Å²) in [6.45, 7) is 3.54. The van der Waals surface area contributed by atoms with Crippen LogP contribution in [0.4, 0.5) is 14.5 Å². The van der Waals surface area contributed by atoms with Crippen LogP contribution < -0.4 is 9.62 Å². The monoisotopic (exact) mass is 479 g/mol. The van der Waals surface area contributed by atoms with Gasteiger partial charge in [0.05, 0.1) is 11.9 Å². The van der Waals surface area contributed by atoms with Crippen LogP contribution in [0.1, 0.15) is 43.2 Å². The molecule has 1 saturated heterocycles. The number of rotatable bonds is 10. The zero-order valence-corrected chi connectivity index (χ0v) is 19.7. The topological polar surface area (TPSA) is 69.7 Å². The maximum absolute atomic E-state index is 13.5. The highest BCUT2D eigenvalue weighted by Crippen LogP contribution is 2.21. The molecule has 1 aliphatic heterocycles. The smallest absolute Gasteiger partial charge is 0.232 e. The van der Waals surface area contributed by atoms with Crippen molar-refractivity contribution in [3.8, 4) is 0 Å². The number of piperidine rings is 1. The average molecular weight is 480 g/mol. The number of nitrogens with zero attached hydrogens (tertiary/aromatic N) is 2. The Balaban J connectivity index is 1.48. The Labute approximate surface area is 194 Å². The lowest BCUT2D eigenvalue weighted by molar-refractivity contribution is -0.121. The number of anilines is 1. The van der Waals surface area contributed by atoms with Crippen LogP contribution in [0.2, 0.25) is 0 Å². The number of carbonyl (C=O) groups is 1. The van der Waals surface area contributed by atoms with Gasteiger partial charge in [-0.2, -0.15) is 0 Å². The number of carbonyl (C=O) groups excluding carboxylic acids is 1. The van der Waals surface area contributed by atoms with Gasteiger partial charge < -0.3 is 5.32 Å². The van der Waals surface area contributed by atoms with Crippen molar-refractivity contribution < 1.29 is 22.0 Å². The molecule has 3 rings (SSSR count). The summed E-state index contributed by atoms with van der Waals surface area (Å²) in [6.07, 6.45) is 5.12. The van der Waals surface area contributed by atoms with E-state index in [2.05, 4.69) is 22.3 Å². The molecule has 0 aromatic heterocycles.